The molecule has 0 spiro atoms. The monoisotopic (exact) mass is 257 g/mol. The molecule has 1 aliphatic carbocycles. The number of nitrogens with two attached hydrogens (primary N) is 1. The van der Waals surface area contributed by atoms with Gasteiger partial charge in [-0.2, -0.15) is 0 Å². The number of hydrogen-bond acceptors (Lipinski definition) is 2. The van der Waals surface area contributed by atoms with Crippen LogP contribution in [0.4, 0.5) is 5.95 Å². The molecule has 1 fully saturated rings. The zero-order chi connectivity index (χ0) is 13.6. The van der Waals surface area contributed by atoms with E-state index in [1.165, 1.54) is 30.3 Å². The van der Waals surface area contributed by atoms with E-state index < -0.39 is 0 Å². The average Bonchev–Trinajstić information content (AvgIpc) is 2.90. The summed E-state index contributed by atoms with van der Waals surface area (Å²) in [6.07, 6.45) is 3.81. The molecule has 2 aromatic rings. The third kappa shape index (κ3) is 1.83. The molecule has 19 heavy (non-hydrogen) atoms. The van der Waals surface area contributed by atoms with Crippen molar-refractivity contribution in [3.63, 3.8) is 0 Å². The summed E-state index contributed by atoms with van der Waals surface area (Å²) in [5.74, 6) is 2.19. The fourth-order valence-corrected chi connectivity index (χ4v) is 3.84. The molecule has 0 amide bonds. The van der Waals surface area contributed by atoms with E-state index >= 15 is 0 Å². The highest BCUT2D eigenvalue weighted by atomic mass is 15.2. The van der Waals surface area contributed by atoms with Crippen LogP contribution < -0.4 is 5.73 Å². The van der Waals surface area contributed by atoms with Gasteiger partial charge >= 0.3 is 0 Å². The highest BCUT2D eigenvalue weighted by Crippen LogP contribution is 2.44. The summed E-state index contributed by atoms with van der Waals surface area (Å²) in [7, 11) is 0. The highest BCUT2D eigenvalue weighted by molar-refractivity contribution is 5.81. The molecule has 1 aromatic heterocycles. The molecule has 3 heteroatoms. The standard InChI is InChI=1S/C16H23N3/c1-4-12-8-9-14(11(12)3)19-15-10(2)6-5-7-13(15)18-16(19)17/h5-7,11-12,14H,4,8-9H2,1-3H3,(H2,17,18). The van der Waals surface area contributed by atoms with Gasteiger partial charge < -0.3 is 10.3 Å². The van der Waals surface area contributed by atoms with Crippen LogP contribution in [-0.4, -0.2) is 9.55 Å². The quantitative estimate of drug-likeness (QED) is 0.886. The van der Waals surface area contributed by atoms with Gasteiger partial charge in [-0.15, -0.1) is 0 Å². The molecule has 1 heterocycles. The van der Waals surface area contributed by atoms with Gasteiger partial charge in [0.05, 0.1) is 11.0 Å². The predicted molar refractivity (Wildman–Crippen MR) is 80.1 cm³/mol. The summed E-state index contributed by atoms with van der Waals surface area (Å²) in [6.45, 7) is 6.82. The molecule has 3 unspecified atom stereocenters. The van der Waals surface area contributed by atoms with E-state index in [0.29, 0.717) is 17.9 Å². The number of aryl methyl sites for hydroxylation is 1. The van der Waals surface area contributed by atoms with E-state index in [0.717, 1.165) is 11.4 Å². The first-order valence-corrected chi connectivity index (χ1v) is 7.36. The van der Waals surface area contributed by atoms with Gasteiger partial charge in [-0.3, -0.25) is 0 Å². The lowest BCUT2D eigenvalue weighted by molar-refractivity contribution is 0.336. The van der Waals surface area contributed by atoms with Crippen LogP contribution in [0.25, 0.3) is 11.0 Å². The van der Waals surface area contributed by atoms with Crippen molar-refractivity contribution < 1.29 is 0 Å². The molecule has 1 aromatic carbocycles. The smallest absolute Gasteiger partial charge is 0.201 e. The third-order valence-corrected chi connectivity index (χ3v) is 4.98. The lowest BCUT2D eigenvalue weighted by Crippen LogP contribution is -2.17. The van der Waals surface area contributed by atoms with E-state index in [1.807, 2.05) is 0 Å². The van der Waals surface area contributed by atoms with E-state index in [9.17, 15) is 0 Å². The van der Waals surface area contributed by atoms with E-state index in [2.05, 4.69) is 48.5 Å². The molecule has 0 bridgehead atoms. The van der Waals surface area contributed by atoms with Crippen molar-refractivity contribution in [3.05, 3.63) is 23.8 Å². The number of anilines is 1. The number of para-hydroxylation sites is 1. The summed E-state index contributed by atoms with van der Waals surface area (Å²) in [6, 6.07) is 6.78. The lowest BCUT2D eigenvalue weighted by atomic mass is 9.93. The van der Waals surface area contributed by atoms with Crippen LogP contribution in [0, 0.1) is 18.8 Å². The first-order chi connectivity index (χ1) is 9.13. The summed E-state index contributed by atoms with van der Waals surface area (Å²) < 4.78 is 2.30. The maximum absolute atomic E-state index is 6.20. The second kappa shape index (κ2) is 4.55. The molecule has 0 aliphatic heterocycles. The van der Waals surface area contributed by atoms with Gasteiger partial charge in [0.2, 0.25) is 5.95 Å². The van der Waals surface area contributed by atoms with E-state index in [4.69, 9.17) is 5.73 Å². The first-order valence-electron chi connectivity index (χ1n) is 7.36. The van der Waals surface area contributed by atoms with E-state index in [-0.39, 0.29) is 0 Å². The van der Waals surface area contributed by atoms with Crippen molar-refractivity contribution in [2.45, 2.75) is 46.1 Å². The van der Waals surface area contributed by atoms with E-state index in [1.54, 1.807) is 0 Å². The first kappa shape index (κ1) is 12.5. The predicted octanol–water partition coefficient (Wildman–Crippen LogP) is 3.92. The highest BCUT2D eigenvalue weighted by Gasteiger charge is 2.34. The van der Waals surface area contributed by atoms with Crippen molar-refractivity contribution >= 4 is 17.0 Å². The van der Waals surface area contributed by atoms with Gasteiger partial charge in [0, 0.05) is 6.04 Å². The Hall–Kier alpha value is -1.51. The van der Waals surface area contributed by atoms with Gasteiger partial charge in [-0.25, -0.2) is 4.98 Å². The maximum atomic E-state index is 6.20. The summed E-state index contributed by atoms with van der Waals surface area (Å²) >= 11 is 0. The Labute approximate surface area is 114 Å². The van der Waals surface area contributed by atoms with Crippen molar-refractivity contribution in [2.24, 2.45) is 11.8 Å². The van der Waals surface area contributed by atoms with Gasteiger partial charge in [0.1, 0.15) is 0 Å². The number of hydrogen-bond donors (Lipinski definition) is 1. The minimum Gasteiger partial charge on any atom is -0.369 e. The third-order valence-electron chi connectivity index (χ3n) is 4.98. The normalized spacial score (nSPS) is 27.2. The molecule has 0 radical (unpaired) electrons. The zero-order valence-electron chi connectivity index (χ0n) is 12.1. The van der Waals surface area contributed by atoms with Gasteiger partial charge in [0.15, 0.2) is 0 Å². The molecular formula is C16H23N3. The van der Waals surface area contributed by atoms with Gasteiger partial charge in [0.25, 0.3) is 0 Å². The number of imidazole rings is 1. The van der Waals surface area contributed by atoms with Crippen LogP contribution in [0.3, 0.4) is 0 Å². The largest absolute Gasteiger partial charge is 0.369 e. The summed E-state index contributed by atoms with van der Waals surface area (Å²) in [5, 5.41) is 0. The van der Waals surface area contributed by atoms with Crippen LogP contribution >= 0.6 is 0 Å². The maximum Gasteiger partial charge on any atom is 0.201 e. The molecular weight excluding hydrogens is 234 g/mol. The van der Waals surface area contributed by atoms with Crippen LogP contribution in [0.1, 0.15) is 44.7 Å². The number of nitrogen functional groups attached to an aromatic ring is 1. The Morgan fingerprint density at radius 1 is 1.37 bits per heavy atom. The van der Waals surface area contributed by atoms with Gasteiger partial charge in [-0.1, -0.05) is 32.4 Å². The van der Waals surface area contributed by atoms with Crippen LogP contribution in [-0.2, 0) is 0 Å². The van der Waals surface area contributed by atoms with Crippen LogP contribution in [0.2, 0.25) is 0 Å². The summed E-state index contributed by atoms with van der Waals surface area (Å²) in [4.78, 5) is 4.54. The second-order valence-electron chi connectivity index (χ2n) is 5.95. The fraction of sp³-hybridized carbons (Fsp3) is 0.562. The SMILES string of the molecule is CCC1CCC(n2c(N)nc3cccc(C)c32)C1C. The molecule has 2 N–H and O–H groups in total. The number of nitrogens with zero attached hydrogens (tertiary/aromatic N) is 2. The molecule has 3 atom stereocenters. The Bertz CT molecular complexity index is 599. The Kier molecular flexibility index (Phi) is 3.00. The van der Waals surface area contributed by atoms with Crippen molar-refractivity contribution in [2.75, 3.05) is 5.73 Å². The Morgan fingerprint density at radius 2 is 2.16 bits per heavy atom. The van der Waals surface area contributed by atoms with Crippen molar-refractivity contribution in [3.8, 4) is 0 Å². The Morgan fingerprint density at radius 3 is 2.84 bits per heavy atom. The molecule has 1 saturated carbocycles. The molecule has 3 nitrogen and oxygen atoms in total. The number of rotatable bonds is 2. The van der Waals surface area contributed by atoms with Crippen LogP contribution in [0.15, 0.2) is 18.2 Å². The molecule has 0 saturated heterocycles. The second-order valence-corrected chi connectivity index (χ2v) is 5.95. The number of benzene rings is 1. The average molecular weight is 257 g/mol. The molecule has 1 aliphatic rings. The summed E-state index contributed by atoms with van der Waals surface area (Å²) in [5.41, 5.74) is 9.74. The number of aromatic nitrogens is 2. The molecule has 3 rings (SSSR count). The van der Waals surface area contributed by atoms with Crippen molar-refractivity contribution in [1.29, 1.82) is 0 Å². The van der Waals surface area contributed by atoms with Gasteiger partial charge in [-0.05, 0) is 43.2 Å². The van der Waals surface area contributed by atoms with Crippen LogP contribution in [0.5, 0.6) is 0 Å². The number of fused-ring (bicyclic) bond motifs is 1. The van der Waals surface area contributed by atoms with Crippen molar-refractivity contribution in [1.82, 2.24) is 9.55 Å². The minimum atomic E-state index is 0.510. The lowest BCUT2D eigenvalue weighted by Gasteiger charge is -2.23. The molecule has 102 valence electrons. The minimum absolute atomic E-state index is 0.510. The zero-order valence-corrected chi connectivity index (χ0v) is 12.1. The fourth-order valence-electron chi connectivity index (χ4n) is 3.84. The Balaban J connectivity index is 2.13. The topological polar surface area (TPSA) is 43.8 Å².